The van der Waals surface area contributed by atoms with Gasteiger partial charge in [-0.1, -0.05) is 42.0 Å². The van der Waals surface area contributed by atoms with Crippen LogP contribution >= 0.6 is 12.4 Å². The van der Waals surface area contributed by atoms with E-state index in [1.165, 1.54) is 11.1 Å². The Morgan fingerprint density at radius 3 is 2.70 bits per heavy atom. The van der Waals surface area contributed by atoms with Crippen molar-refractivity contribution in [2.45, 2.75) is 39.2 Å². The van der Waals surface area contributed by atoms with E-state index in [0.717, 1.165) is 29.7 Å². The predicted octanol–water partition coefficient (Wildman–Crippen LogP) is 3.69. The number of ketones is 1. The summed E-state index contributed by atoms with van der Waals surface area (Å²) in [5.41, 5.74) is 5.34. The van der Waals surface area contributed by atoms with Crippen LogP contribution in [0.25, 0.3) is 0 Å². The lowest BCUT2D eigenvalue weighted by atomic mass is 9.94. The van der Waals surface area contributed by atoms with Gasteiger partial charge in [-0.3, -0.25) is 9.59 Å². The van der Waals surface area contributed by atoms with Gasteiger partial charge in [0.05, 0.1) is 0 Å². The van der Waals surface area contributed by atoms with Gasteiger partial charge in [-0.15, -0.1) is 12.4 Å². The number of Topliss-reactive ketones (excluding diaryl/α,β-unsaturated/α-hetero) is 1. The standard InChI is InChI=1S/C22H26N2O2.ClH/c1-15-7-8-16(2)19(13-15)21(25)9-10-22(26)24-14-20-18-6-4-3-5-17(18)11-12-23-20;/h3-8,13,20,23H,9-12,14H2,1-2H3,(H,24,26);1H. The Labute approximate surface area is 167 Å². The minimum atomic E-state index is -0.0755. The zero-order valence-electron chi connectivity index (χ0n) is 15.9. The van der Waals surface area contributed by atoms with Gasteiger partial charge in [0, 0.05) is 31.0 Å². The number of carbonyl (C=O) groups is 2. The fourth-order valence-electron chi connectivity index (χ4n) is 3.48. The zero-order valence-corrected chi connectivity index (χ0v) is 16.7. The molecule has 0 fully saturated rings. The van der Waals surface area contributed by atoms with Crippen LogP contribution in [0.5, 0.6) is 0 Å². The van der Waals surface area contributed by atoms with Crippen molar-refractivity contribution in [2.75, 3.05) is 13.1 Å². The Morgan fingerprint density at radius 2 is 1.89 bits per heavy atom. The van der Waals surface area contributed by atoms with Crippen molar-refractivity contribution in [1.82, 2.24) is 10.6 Å². The molecule has 27 heavy (non-hydrogen) atoms. The van der Waals surface area contributed by atoms with Crippen molar-refractivity contribution in [3.63, 3.8) is 0 Å². The molecule has 0 bridgehead atoms. The molecule has 2 aromatic rings. The first-order chi connectivity index (χ1) is 12.5. The average Bonchev–Trinajstić information content (AvgIpc) is 2.66. The average molecular weight is 387 g/mol. The van der Waals surface area contributed by atoms with Gasteiger partial charge in [-0.05, 0) is 49.6 Å². The molecule has 1 amide bonds. The lowest BCUT2D eigenvalue weighted by molar-refractivity contribution is -0.121. The first-order valence-electron chi connectivity index (χ1n) is 9.23. The third-order valence-corrected chi connectivity index (χ3v) is 4.99. The number of nitrogens with one attached hydrogen (secondary N) is 2. The molecule has 1 unspecified atom stereocenters. The molecular formula is C22H27ClN2O2. The van der Waals surface area contributed by atoms with Crippen molar-refractivity contribution in [2.24, 2.45) is 0 Å². The number of fused-ring (bicyclic) bond motifs is 1. The summed E-state index contributed by atoms with van der Waals surface area (Å²) < 4.78 is 0. The highest BCUT2D eigenvalue weighted by molar-refractivity contribution is 5.99. The first kappa shape index (κ1) is 21.1. The van der Waals surface area contributed by atoms with Crippen molar-refractivity contribution < 1.29 is 9.59 Å². The van der Waals surface area contributed by atoms with Crippen LogP contribution in [-0.4, -0.2) is 24.8 Å². The highest BCUT2D eigenvalue weighted by atomic mass is 35.5. The molecule has 0 spiro atoms. The summed E-state index contributed by atoms with van der Waals surface area (Å²) in [7, 11) is 0. The highest BCUT2D eigenvalue weighted by Gasteiger charge is 2.19. The number of halogens is 1. The van der Waals surface area contributed by atoms with Gasteiger partial charge >= 0.3 is 0 Å². The number of amides is 1. The molecule has 0 aliphatic carbocycles. The van der Waals surface area contributed by atoms with Crippen LogP contribution in [0.1, 0.15) is 51.5 Å². The number of benzene rings is 2. The van der Waals surface area contributed by atoms with Gasteiger partial charge < -0.3 is 10.6 Å². The summed E-state index contributed by atoms with van der Waals surface area (Å²) in [5.74, 6) is -0.0454. The van der Waals surface area contributed by atoms with Crippen LogP contribution in [0.4, 0.5) is 0 Å². The molecule has 2 N–H and O–H groups in total. The molecule has 1 aliphatic rings. The summed E-state index contributed by atoms with van der Waals surface area (Å²) in [4.78, 5) is 24.6. The van der Waals surface area contributed by atoms with Crippen LogP contribution in [0, 0.1) is 13.8 Å². The summed E-state index contributed by atoms with van der Waals surface area (Å²) in [6.07, 6.45) is 1.48. The Balaban J connectivity index is 0.00000261. The Kier molecular flexibility index (Phi) is 7.57. The largest absolute Gasteiger partial charge is 0.354 e. The molecular weight excluding hydrogens is 360 g/mol. The molecule has 3 rings (SSSR count). The zero-order chi connectivity index (χ0) is 18.5. The molecule has 0 radical (unpaired) electrons. The Morgan fingerprint density at radius 1 is 1.11 bits per heavy atom. The second kappa shape index (κ2) is 9.67. The fourth-order valence-corrected chi connectivity index (χ4v) is 3.48. The molecule has 144 valence electrons. The maximum Gasteiger partial charge on any atom is 0.220 e. The second-order valence-electron chi connectivity index (χ2n) is 7.00. The van der Waals surface area contributed by atoms with Crippen molar-refractivity contribution in [1.29, 1.82) is 0 Å². The summed E-state index contributed by atoms with van der Waals surface area (Å²) in [6.45, 7) is 5.37. The highest BCUT2D eigenvalue weighted by Crippen LogP contribution is 2.22. The van der Waals surface area contributed by atoms with E-state index in [1.807, 2.05) is 38.1 Å². The lowest BCUT2D eigenvalue weighted by Crippen LogP contribution is -2.38. The van der Waals surface area contributed by atoms with E-state index in [1.54, 1.807) is 0 Å². The van der Waals surface area contributed by atoms with Gasteiger partial charge in [0.2, 0.25) is 5.91 Å². The van der Waals surface area contributed by atoms with Gasteiger partial charge in [0.1, 0.15) is 0 Å². The van der Waals surface area contributed by atoms with Crippen molar-refractivity contribution in [3.05, 3.63) is 70.3 Å². The molecule has 1 atom stereocenters. The van der Waals surface area contributed by atoms with Crippen LogP contribution in [-0.2, 0) is 11.2 Å². The summed E-state index contributed by atoms with van der Waals surface area (Å²) in [5, 5.41) is 6.43. The van der Waals surface area contributed by atoms with Gasteiger partial charge in [-0.25, -0.2) is 0 Å². The van der Waals surface area contributed by atoms with Crippen LogP contribution in [0.2, 0.25) is 0 Å². The van der Waals surface area contributed by atoms with E-state index >= 15 is 0 Å². The normalized spacial score (nSPS) is 15.4. The Bertz CT molecular complexity index is 820. The molecule has 1 aliphatic heterocycles. The molecule has 0 aromatic heterocycles. The maximum atomic E-state index is 12.4. The van der Waals surface area contributed by atoms with Crippen LogP contribution < -0.4 is 10.6 Å². The number of hydrogen-bond acceptors (Lipinski definition) is 3. The molecule has 2 aromatic carbocycles. The second-order valence-corrected chi connectivity index (χ2v) is 7.00. The van der Waals surface area contributed by atoms with Crippen molar-refractivity contribution >= 4 is 24.1 Å². The number of hydrogen-bond donors (Lipinski definition) is 2. The maximum absolute atomic E-state index is 12.4. The monoisotopic (exact) mass is 386 g/mol. The van der Waals surface area contributed by atoms with Gasteiger partial charge in [0.25, 0.3) is 0 Å². The van der Waals surface area contributed by atoms with Gasteiger partial charge in [-0.2, -0.15) is 0 Å². The van der Waals surface area contributed by atoms with E-state index in [-0.39, 0.29) is 43.0 Å². The third-order valence-electron chi connectivity index (χ3n) is 4.99. The molecule has 0 saturated heterocycles. The molecule has 5 heteroatoms. The number of aryl methyl sites for hydroxylation is 2. The molecule has 0 saturated carbocycles. The van der Waals surface area contributed by atoms with E-state index in [0.29, 0.717) is 6.54 Å². The lowest BCUT2D eigenvalue weighted by Gasteiger charge is -2.27. The first-order valence-corrected chi connectivity index (χ1v) is 9.23. The number of rotatable bonds is 6. The Hall–Kier alpha value is -2.17. The quantitative estimate of drug-likeness (QED) is 0.744. The fraction of sp³-hybridized carbons (Fsp3) is 0.364. The predicted molar refractivity (Wildman–Crippen MR) is 111 cm³/mol. The van der Waals surface area contributed by atoms with E-state index < -0.39 is 0 Å². The third kappa shape index (κ3) is 5.41. The summed E-state index contributed by atoms with van der Waals surface area (Å²) >= 11 is 0. The number of carbonyl (C=O) groups excluding carboxylic acids is 2. The van der Waals surface area contributed by atoms with E-state index in [4.69, 9.17) is 0 Å². The minimum Gasteiger partial charge on any atom is -0.354 e. The van der Waals surface area contributed by atoms with Gasteiger partial charge in [0.15, 0.2) is 5.78 Å². The summed E-state index contributed by atoms with van der Waals surface area (Å²) in [6, 6.07) is 14.3. The topological polar surface area (TPSA) is 58.2 Å². The van der Waals surface area contributed by atoms with E-state index in [2.05, 4.69) is 28.8 Å². The van der Waals surface area contributed by atoms with Crippen LogP contribution in [0.15, 0.2) is 42.5 Å². The molecule has 4 nitrogen and oxygen atoms in total. The van der Waals surface area contributed by atoms with E-state index in [9.17, 15) is 9.59 Å². The van der Waals surface area contributed by atoms with Crippen LogP contribution in [0.3, 0.4) is 0 Å². The minimum absolute atomic E-state index is 0. The van der Waals surface area contributed by atoms with Crippen molar-refractivity contribution in [3.8, 4) is 0 Å². The smallest absolute Gasteiger partial charge is 0.220 e. The SMILES string of the molecule is Cc1ccc(C)c(C(=O)CCC(=O)NCC2NCCc3ccccc32)c1.Cl. The molecule has 1 heterocycles.